The first-order valence-electron chi connectivity index (χ1n) is 4.12. The van der Waals surface area contributed by atoms with Crippen LogP contribution in [0.4, 0.5) is 0 Å². The Bertz CT molecular complexity index is 165. The zero-order chi connectivity index (χ0) is 7.73. The Morgan fingerprint density at radius 2 is 1.91 bits per heavy atom. The zero-order valence-electron chi connectivity index (χ0n) is 6.53. The largest absolute Gasteiger partial charge is 0.395 e. The molecular formula is C7H13N3O. The molecule has 1 saturated heterocycles. The highest BCUT2D eigenvalue weighted by Crippen LogP contribution is 2.38. The van der Waals surface area contributed by atoms with E-state index in [0.29, 0.717) is 0 Å². The van der Waals surface area contributed by atoms with Crippen molar-refractivity contribution in [2.45, 2.75) is 18.5 Å². The summed E-state index contributed by atoms with van der Waals surface area (Å²) in [6.45, 7) is 3.14. The summed E-state index contributed by atoms with van der Waals surface area (Å²) in [5.74, 6) is 0. The van der Waals surface area contributed by atoms with Gasteiger partial charge in [-0.05, 0) is 0 Å². The first-order valence-corrected chi connectivity index (χ1v) is 4.12. The summed E-state index contributed by atoms with van der Waals surface area (Å²) in [4.78, 5) is 2.26. The SMILES string of the molecule is OCCN1CCC2(CC1)N=N2. The van der Waals surface area contributed by atoms with E-state index in [1.807, 2.05) is 0 Å². The van der Waals surface area contributed by atoms with E-state index in [0.717, 1.165) is 32.5 Å². The van der Waals surface area contributed by atoms with Crippen LogP contribution in [0.15, 0.2) is 10.2 Å². The summed E-state index contributed by atoms with van der Waals surface area (Å²) in [6, 6.07) is 0. The maximum Gasteiger partial charge on any atom is 0.193 e. The van der Waals surface area contributed by atoms with E-state index >= 15 is 0 Å². The lowest BCUT2D eigenvalue weighted by atomic mass is 10.0. The topological polar surface area (TPSA) is 48.2 Å². The van der Waals surface area contributed by atoms with Crippen LogP contribution in [0, 0.1) is 0 Å². The summed E-state index contributed by atoms with van der Waals surface area (Å²) >= 11 is 0. The molecule has 0 aliphatic carbocycles. The van der Waals surface area contributed by atoms with Crippen LogP contribution in [0.1, 0.15) is 12.8 Å². The number of rotatable bonds is 2. The molecule has 1 spiro atoms. The maximum atomic E-state index is 8.68. The monoisotopic (exact) mass is 155 g/mol. The quantitative estimate of drug-likeness (QED) is 0.620. The average molecular weight is 155 g/mol. The van der Waals surface area contributed by atoms with Crippen LogP contribution in [0.5, 0.6) is 0 Å². The van der Waals surface area contributed by atoms with Gasteiger partial charge >= 0.3 is 0 Å². The van der Waals surface area contributed by atoms with Crippen LogP contribution < -0.4 is 0 Å². The van der Waals surface area contributed by atoms with E-state index in [-0.39, 0.29) is 12.3 Å². The maximum absolute atomic E-state index is 8.68. The number of hydrogen-bond acceptors (Lipinski definition) is 4. The third-order valence-electron chi connectivity index (χ3n) is 2.46. The number of aliphatic hydroxyl groups excluding tert-OH is 1. The molecular weight excluding hydrogens is 142 g/mol. The summed E-state index contributed by atoms with van der Waals surface area (Å²) < 4.78 is 0. The Balaban J connectivity index is 1.76. The van der Waals surface area contributed by atoms with Gasteiger partial charge in [0.1, 0.15) is 0 Å². The van der Waals surface area contributed by atoms with Gasteiger partial charge in [-0.2, -0.15) is 10.2 Å². The molecule has 0 radical (unpaired) electrons. The van der Waals surface area contributed by atoms with Crippen LogP contribution in [0.25, 0.3) is 0 Å². The highest BCUT2D eigenvalue weighted by atomic mass is 16.3. The lowest BCUT2D eigenvalue weighted by molar-refractivity contribution is 0.155. The molecule has 4 heteroatoms. The molecule has 2 aliphatic heterocycles. The van der Waals surface area contributed by atoms with Gasteiger partial charge in [0.25, 0.3) is 0 Å². The highest BCUT2D eigenvalue weighted by Gasteiger charge is 2.42. The van der Waals surface area contributed by atoms with E-state index in [2.05, 4.69) is 15.1 Å². The number of β-amino-alcohol motifs (C(OH)–C–C–N with tert-alkyl or cyclic N) is 1. The van der Waals surface area contributed by atoms with Gasteiger partial charge in [0.15, 0.2) is 5.66 Å². The molecule has 2 rings (SSSR count). The van der Waals surface area contributed by atoms with E-state index in [1.54, 1.807) is 0 Å². The van der Waals surface area contributed by atoms with Crippen molar-refractivity contribution in [1.82, 2.24) is 4.90 Å². The van der Waals surface area contributed by atoms with Crippen molar-refractivity contribution in [2.75, 3.05) is 26.2 Å². The van der Waals surface area contributed by atoms with Crippen LogP contribution >= 0.6 is 0 Å². The second kappa shape index (κ2) is 2.53. The van der Waals surface area contributed by atoms with Gasteiger partial charge in [-0.15, -0.1) is 0 Å². The zero-order valence-corrected chi connectivity index (χ0v) is 6.53. The minimum absolute atomic E-state index is 0.0337. The minimum atomic E-state index is 0.0337. The van der Waals surface area contributed by atoms with Gasteiger partial charge in [0.2, 0.25) is 0 Å². The standard InChI is InChI=1S/C7H13N3O/c11-6-5-10-3-1-7(2-4-10)8-9-7/h11H,1-6H2. The molecule has 0 bridgehead atoms. The van der Waals surface area contributed by atoms with Gasteiger partial charge in [-0.1, -0.05) is 0 Å². The molecule has 2 aliphatic rings. The average Bonchev–Trinajstić information content (AvgIpc) is 2.76. The lowest BCUT2D eigenvalue weighted by Crippen LogP contribution is -2.39. The van der Waals surface area contributed by atoms with Crippen LogP contribution in [-0.4, -0.2) is 41.9 Å². The second-order valence-electron chi connectivity index (χ2n) is 3.25. The molecule has 1 N–H and O–H groups in total. The number of nitrogens with zero attached hydrogens (tertiary/aromatic N) is 3. The molecule has 1 fully saturated rings. The van der Waals surface area contributed by atoms with E-state index < -0.39 is 0 Å². The van der Waals surface area contributed by atoms with Gasteiger partial charge in [0.05, 0.1) is 6.61 Å². The molecule has 0 aromatic rings. The third kappa shape index (κ3) is 1.41. The normalized spacial score (nSPS) is 27.7. The predicted octanol–water partition coefficient (Wildman–Crippen LogP) is 0.237. The first kappa shape index (κ1) is 7.18. The molecule has 0 unspecified atom stereocenters. The number of likely N-dealkylation sites (tertiary alicyclic amines) is 1. The fraction of sp³-hybridized carbons (Fsp3) is 1.00. The fourth-order valence-corrected chi connectivity index (χ4v) is 1.55. The Kier molecular flexibility index (Phi) is 1.65. The fourth-order valence-electron chi connectivity index (χ4n) is 1.55. The van der Waals surface area contributed by atoms with Gasteiger partial charge in [-0.3, -0.25) is 0 Å². The van der Waals surface area contributed by atoms with Crippen molar-refractivity contribution < 1.29 is 5.11 Å². The molecule has 62 valence electrons. The predicted molar refractivity (Wildman–Crippen MR) is 40.3 cm³/mol. The van der Waals surface area contributed by atoms with Crippen LogP contribution in [0.2, 0.25) is 0 Å². The van der Waals surface area contributed by atoms with Crippen molar-refractivity contribution in [3.8, 4) is 0 Å². The molecule has 0 atom stereocenters. The summed E-state index contributed by atoms with van der Waals surface area (Å²) in [6.07, 6.45) is 2.10. The summed E-state index contributed by atoms with van der Waals surface area (Å²) in [5.41, 5.74) is 0.0337. The Morgan fingerprint density at radius 1 is 1.27 bits per heavy atom. The Morgan fingerprint density at radius 3 is 2.36 bits per heavy atom. The summed E-state index contributed by atoms with van der Waals surface area (Å²) in [5, 5.41) is 16.7. The number of hydrogen-bond donors (Lipinski definition) is 1. The second-order valence-corrected chi connectivity index (χ2v) is 3.25. The lowest BCUT2D eigenvalue weighted by Gasteiger charge is -2.28. The molecule has 0 amide bonds. The molecule has 2 heterocycles. The highest BCUT2D eigenvalue weighted by molar-refractivity contribution is 4.97. The Labute approximate surface area is 65.9 Å². The van der Waals surface area contributed by atoms with Crippen molar-refractivity contribution in [1.29, 1.82) is 0 Å². The number of aliphatic hydroxyl groups is 1. The van der Waals surface area contributed by atoms with Crippen molar-refractivity contribution in [3.05, 3.63) is 0 Å². The first-order chi connectivity index (χ1) is 5.35. The summed E-state index contributed by atoms with van der Waals surface area (Å²) in [7, 11) is 0. The van der Waals surface area contributed by atoms with Crippen molar-refractivity contribution >= 4 is 0 Å². The molecule has 0 saturated carbocycles. The van der Waals surface area contributed by atoms with E-state index in [1.165, 1.54) is 0 Å². The third-order valence-corrected chi connectivity index (χ3v) is 2.46. The molecule has 0 aromatic heterocycles. The van der Waals surface area contributed by atoms with Crippen molar-refractivity contribution in [2.24, 2.45) is 10.2 Å². The molecule has 0 aromatic carbocycles. The van der Waals surface area contributed by atoms with Gasteiger partial charge < -0.3 is 10.0 Å². The minimum Gasteiger partial charge on any atom is -0.395 e. The smallest absolute Gasteiger partial charge is 0.193 e. The van der Waals surface area contributed by atoms with E-state index in [9.17, 15) is 0 Å². The van der Waals surface area contributed by atoms with Crippen molar-refractivity contribution in [3.63, 3.8) is 0 Å². The van der Waals surface area contributed by atoms with Crippen LogP contribution in [-0.2, 0) is 0 Å². The van der Waals surface area contributed by atoms with Gasteiger partial charge in [0, 0.05) is 32.5 Å². The van der Waals surface area contributed by atoms with Gasteiger partial charge in [-0.25, -0.2) is 0 Å². The van der Waals surface area contributed by atoms with Crippen LogP contribution in [0.3, 0.4) is 0 Å². The Hall–Kier alpha value is -0.480. The van der Waals surface area contributed by atoms with E-state index in [4.69, 9.17) is 5.11 Å². The molecule has 4 nitrogen and oxygen atoms in total. The number of piperidine rings is 1. The molecule has 11 heavy (non-hydrogen) atoms.